The van der Waals surface area contributed by atoms with Gasteiger partial charge in [-0.3, -0.25) is 4.79 Å². The smallest absolute Gasteiger partial charge is 0.255 e. The summed E-state index contributed by atoms with van der Waals surface area (Å²) in [7, 11) is 0. The molecule has 1 amide bonds. The first kappa shape index (κ1) is 22.6. The van der Waals surface area contributed by atoms with E-state index in [1.54, 1.807) is 42.5 Å². The zero-order valence-corrected chi connectivity index (χ0v) is 19.4. The molecule has 0 radical (unpaired) electrons. The van der Waals surface area contributed by atoms with Crippen LogP contribution in [0.2, 0.25) is 0 Å². The molecule has 0 bridgehead atoms. The highest BCUT2D eigenvalue weighted by Crippen LogP contribution is 2.25. The number of amides is 1. The van der Waals surface area contributed by atoms with Crippen LogP contribution in [0.5, 0.6) is 11.5 Å². The van der Waals surface area contributed by atoms with Crippen LogP contribution in [0.1, 0.15) is 21.5 Å². The van der Waals surface area contributed by atoms with Gasteiger partial charge >= 0.3 is 0 Å². The van der Waals surface area contributed by atoms with Gasteiger partial charge in [0.1, 0.15) is 12.4 Å². The summed E-state index contributed by atoms with van der Waals surface area (Å²) in [5.74, 6) is -0.586. The number of rotatable bonds is 6. The van der Waals surface area contributed by atoms with Crippen molar-refractivity contribution in [2.45, 2.75) is 13.5 Å². The maximum absolute atomic E-state index is 14.5. The molecule has 4 aromatic rings. The van der Waals surface area contributed by atoms with E-state index in [1.807, 2.05) is 37.3 Å². The van der Waals surface area contributed by atoms with Gasteiger partial charge in [-0.2, -0.15) is 0 Å². The summed E-state index contributed by atoms with van der Waals surface area (Å²) in [6.07, 6.45) is 0. The van der Waals surface area contributed by atoms with E-state index in [9.17, 15) is 14.3 Å². The predicted molar refractivity (Wildman–Crippen MR) is 131 cm³/mol. The van der Waals surface area contributed by atoms with E-state index in [2.05, 4.69) is 21.2 Å². The molecule has 2 N–H and O–H groups in total. The van der Waals surface area contributed by atoms with Crippen LogP contribution >= 0.6 is 15.9 Å². The van der Waals surface area contributed by atoms with Gasteiger partial charge in [-0.25, -0.2) is 4.39 Å². The second-order valence-corrected chi connectivity index (χ2v) is 8.56. The minimum atomic E-state index is -0.554. The van der Waals surface area contributed by atoms with Crippen LogP contribution in [0.25, 0.3) is 11.1 Å². The van der Waals surface area contributed by atoms with Gasteiger partial charge in [-0.05, 0) is 77.7 Å². The molecule has 0 aliphatic carbocycles. The molecule has 0 aliphatic heterocycles. The van der Waals surface area contributed by atoms with Gasteiger partial charge in [0.15, 0.2) is 11.6 Å². The number of aryl methyl sites for hydroxylation is 1. The molecule has 4 aromatic carbocycles. The molecule has 0 saturated carbocycles. The minimum absolute atomic E-state index is 0.115. The van der Waals surface area contributed by atoms with Gasteiger partial charge in [-0.1, -0.05) is 46.3 Å². The van der Waals surface area contributed by atoms with Gasteiger partial charge in [0.2, 0.25) is 0 Å². The van der Waals surface area contributed by atoms with E-state index in [0.717, 1.165) is 26.7 Å². The van der Waals surface area contributed by atoms with Crippen molar-refractivity contribution in [3.05, 3.63) is 112 Å². The fraction of sp³-hybridized carbons (Fsp3) is 0.0741. The Morgan fingerprint density at radius 1 is 0.939 bits per heavy atom. The van der Waals surface area contributed by atoms with Crippen LogP contribution in [0.15, 0.2) is 89.4 Å². The maximum Gasteiger partial charge on any atom is 0.255 e. The third-order valence-electron chi connectivity index (χ3n) is 5.03. The van der Waals surface area contributed by atoms with Gasteiger partial charge < -0.3 is 15.2 Å². The van der Waals surface area contributed by atoms with Crippen molar-refractivity contribution in [2.75, 3.05) is 5.32 Å². The van der Waals surface area contributed by atoms with Gasteiger partial charge in [0, 0.05) is 21.8 Å². The summed E-state index contributed by atoms with van der Waals surface area (Å²) in [6, 6.07) is 24.1. The number of phenols is 1. The van der Waals surface area contributed by atoms with E-state index in [4.69, 9.17) is 4.74 Å². The second kappa shape index (κ2) is 9.88. The number of halogens is 2. The molecular weight excluding hydrogens is 485 g/mol. The molecule has 6 heteroatoms. The van der Waals surface area contributed by atoms with Crippen LogP contribution in [-0.2, 0) is 6.61 Å². The van der Waals surface area contributed by atoms with E-state index >= 15 is 0 Å². The topological polar surface area (TPSA) is 58.6 Å². The highest BCUT2D eigenvalue weighted by Gasteiger charge is 2.10. The highest BCUT2D eigenvalue weighted by molar-refractivity contribution is 9.10. The lowest BCUT2D eigenvalue weighted by Crippen LogP contribution is -2.12. The number of carbonyl (C=O) groups excluding carboxylic acids is 1. The van der Waals surface area contributed by atoms with Crippen molar-refractivity contribution in [3.8, 4) is 22.6 Å². The van der Waals surface area contributed by atoms with E-state index in [0.29, 0.717) is 11.3 Å². The summed E-state index contributed by atoms with van der Waals surface area (Å²) in [5, 5.41) is 12.1. The number of nitrogens with one attached hydrogen (secondary N) is 1. The van der Waals surface area contributed by atoms with E-state index in [1.165, 1.54) is 12.1 Å². The number of aromatic hydroxyl groups is 1. The first-order valence-corrected chi connectivity index (χ1v) is 11.1. The molecule has 166 valence electrons. The van der Waals surface area contributed by atoms with Crippen LogP contribution in [0.3, 0.4) is 0 Å². The van der Waals surface area contributed by atoms with Crippen molar-refractivity contribution in [1.29, 1.82) is 0 Å². The minimum Gasteiger partial charge on any atom is -0.508 e. The lowest BCUT2D eigenvalue weighted by molar-refractivity contribution is 0.102. The van der Waals surface area contributed by atoms with Crippen molar-refractivity contribution in [3.63, 3.8) is 0 Å². The number of hydrogen-bond donors (Lipinski definition) is 2. The number of anilines is 1. The molecule has 4 rings (SSSR count). The zero-order chi connectivity index (χ0) is 23.4. The first-order valence-electron chi connectivity index (χ1n) is 10.3. The van der Waals surface area contributed by atoms with Crippen molar-refractivity contribution in [2.24, 2.45) is 0 Å². The molecular formula is C27H21BrFNO3. The van der Waals surface area contributed by atoms with Crippen LogP contribution in [-0.4, -0.2) is 11.0 Å². The number of hydrogen-bond acceptors (Lipinski definition) is 3. The predicted octanol–water partition coefficient (Wildman–Crippen LogP) is 7.10. The van der Waals surface area contributed by atoms with Crippen LogP contribution < -0.4 is 10.1 Å². The molecule has 0 saturated heterocycles. The summed E-state index contributed by atoms with van der Waals surface area (Å²) in [6.45, 7) is 2.21. The Kier molecular flexibility index (Phi) is 6.75. The molecule has 0 spiro atoms. The fourth-order valence-corrected chi connectivity index (χ4v) is 4.08. The highest BCUT2D eigenvalue weighted by atomic mass is 79.9. The largest absolute Gasteiger partial charge is 0.508 e. The van der Waals surface area contributed by atoms with Crippen molar-refractivity contribution in [1.82, 2.24) is 0 Å². The molecule has 33 heavy (non-hydrogen) atoms. The monoisotopic (exact) mass is 505 g/mol. The quantitative estimate of drug-likeness (QED) is 0.293. The normalized spacial score (nSPS) is 10.6. The zero-order valence-electron chi connectivity index (χ0n) is 17.8. The Bertz CT molecular complexity index is 1270. The SMILES string of the molecule is Cc1cc(Br)cc(COc2ccc(NC(=O)c3ccc(-c4ccc(O)cc4)cc3)cc2F)c1. The molecule has 4 nitrogen and oxygen atoms in total. The summed E-state index contributed by atoms with van der Waals surface area (Å²) in [4.78, 5) is 12.6. The Labute approximate surface area is 199 Å². The van der Waals surface area contributed by atoms with Crippen molar-refractivity contribution < 1.29 is 19.0 Å². The van der Waals surface area contributed by atoms with Gasteiger partial charge in [0.25, 0.3) is 5.91 Å². The summed E-state index contributed by atoms with van der Waals surface area (Å²) in [5.41, 5.74) is 4.64. The maximum atomic E-state index is 14.5. The Morgan fingerprint density at radius 3 is 2.24 bits per heavy atom. The van der Waals surface area contributed by atoms with Gasteiger partial charge in [0.05, 0.1) is 0 Å². The average Bonchev–Trinajstić information content (AvgIpc) is 2.78. The Morgan fingerprint density at radius 2 is 1.61 bits per heavy atom. The molecule has 0 heterocycles. The summed E-state index contributed by atoms with van der Waals surface area (Å²) < 4.78 is 21.1. The lowest BCUT2D eigenvalue weighted by atomic mass is 10.0. The van der Waals surface area contributed by atoms with E-state index in [-0.39, 0.29) is 24.0 Å². The number of phenolic OH excluding ortho intramolecular Hbond substituents is 1. The molecule has 0 aromatic heterocycles. The van der Waals surface area contributed by atoms with E-state index < -0.39 is 5.82 Å². The number of benzene rings is 4. The third kappa shape index (κ3) is 5.79. The van der Waals surface area contributed by atoms with Crippen LogP contribution in [0, 0.1) is 12.7 Å². The number of carbonyl (C=O) groups is 1. The second-order valence-electron chi connectivity index (χ2n) is 7.65. The number of ether oxygens (including phenoxy) is 1. The van der Waals surface area contributed by atoms with Crippen molar-refractivity contribution >= 4 is 27.5 Å². The third-order valence-corrected chi connectivity index (χ3v) is 5.49. The average molecular weight is 506 g/mol. The lowest BCUT2D eigenvalue weighted by Gasteiger charge is -2.11. The van der Waals surface area contributed by atoms with Crippen LogP contribution in [0.4, 0.5) is 10.1 Å². The Balaban J connectivity index is 1.40. The fourth-order valence-electron chi connectivity index (χ4n) is 3.42. The standard InChI is InChI=1S/C27H21BrFNO3/c1-17-12-18(14-22(28)13-17)16-33-26-11-8-23(15-25(26)29)30-27(32)21-4-2-19(3-5-21)20-6-9-24(31)10-7-20/h2-15,31H,16H2,1H3,(H,30,32). The Hall–Kier alpha value is -3.64. The van der Waals surface area contributed by atoms with Gasteiger partial charge in [-0.15, -0.1) is 0 Å². The molecule has 0 atom stereocenters. The molecule has 0 aliphatic rings. The molecule has 0 fully saturated rings. The molecule has 0 unspecified atom stereocenters. The summed E-state index contributed by atoms with van der Waals surface area (Å²) >= 11 is 3.44. The first-order chi connectivity index (χ1) is 15.9.